The summed E-state index contributed by atoms with van der Waals surface area (Å²) >= 11 is 11.5. The summed E-state index contributed by atoms with van der Waals surface area (Å²) < 4.78 is 5.30. The van der Waals surface area contributed by atoms with Gasteiger partial charge in [0.05, 0.1) is 5.54 Å². The molecule has 0 aliphatic heterocycles. The average Bonchev–Trinajstić information content (AvgIpc) is 2.37. The minimum absolute atomic E-state index is 0.0482. The van der Waals surface area contributed by atoms with Crippen LogP contribution < -0.4 is 10.1 Å². The first-order chi connectivity index (χ1) is 8.09. The van der Waals surface area contributed by atoms with Crippen molar-refractivity contribution in [3.63, 3.8) is 0 Å². The molecule has 0 aliphatic carbocycles. The molecule has 1 amide bonds. The Labute approximate surface area is 111 Å². The van der Waals surface area contributed by atoms with E-state index in [0.717, 1.165) is 0 Å². The van der Waals surface area contributed by atoms with Crippen LogP contribution in [0.15, 0.2) is 30.3 Å². The SMILES string of the molecule is CC(CCl)(CCl)NC(=O)COc1ccccc1. The maximum Gasteiger partial charge on any atom is 0.258 e. The van der Waals surface area contributed by atoms with Gasteiger partial charge in [-0.15, -0.1) is 23.2 Å². The molecule has 94 valence electrons. The Hall–Kier alpha value is -0.930. The van der Waals surface area contributed by atoms with Gasteiger partial charge in [-0.2, -0.15) is 0 Å². The van der Waals surface area contributed by atoms with Gasteiger partial charge in [-0.1, -0.05) is 18.2 Å². The van der Waals surface area contributed by atoms with E-state index in [0.29, 0.717) is 5.75 Å². The van der Waals surface area contributed by atoms with Gasteiger partial charge in [0.15, 0.2) is 6.61 Å². The predicted octanol–water partition coefficient (Wildman–Crippen LogP) is 2.42. The second-order valence-electron chi connectivity index (χ2n) is 3.98. The van der Waals surface area contributed by atoms with Gasteiger partial charge in [-0.05, 0) is 19.1 Å². The van der Waals surface area contributed by atoms with Crippen LogP contribution in [0.3, 0.4) is 0 Å². The first kappa shape index (κ1) is 14.1. The topological polar surface area (TPSA) is 38.3 Å². The Bertz CT molecular complexity index is 353. The summed E-state index contributed by atoms with van der Waals surface area (Å²) in [4.78, 5) is 11.6. The number of amides is 1. The summed E-state index contributed by atoms with van der Waals surface area (Å²) in [5.41, 5.74) is -0.597. The summed E-state index contributed by atoms with van der Waals surface area (Å²) in [5, 5.41) is 2.74. The van der Waals surface area contributed by atoms with Crippen LogP contribution in [0.25, 0.3) is 0 Å². The number of hydrogen-bond donors (Lipinski definition) is 1. The second kappa shape index (κ2) is 6.72. The van der Waals surface area contributed by atoms with Crippen molar-refractivity contribution in [1.29, 1.82) is 0 Å². The third kappa shape index (κ3) is 4.84. The Morgan fingerprint density at radius 2 is 1.88 bits per heavy atom. The van der Waals surface area contributed by atoms with E-state index in [9.17, 15) is 4.79 Å². The fourth-order valence-corrected chi connectivity index (χ4v) is 1.56. The second-order valence-corrected chi connectivity index (χ2v) is 4.51. The number of benzene rings is 1. The van der Waals surface area contributed by atoms with Crippen LogP contribution in [0.1, 0.15) is 6.92 Å². The first-order valence-electron chi connectivity index (χ1n) is 5.20. The monoisotopic (exact) mass is 275 g/mol. The van der Waals surface area contributed by atoms with Gasteiger partial charge in [0, 0.05) is 11.8 Å². The molecule has 0 heterocycles. The minimum atomic E-state index is -0.597. The molecule has 0 bridgehead atoms. The van der Waals surface area contributed by atoms with Crippen LogP contribution in [0.2, 0.25) is 0 Å². The van der Waals surface area contributed by atoms with Crippen LogP contribution in [0, 0.1) is 0 Å². The number of ether oxygens (including phenoxy) is 1. The molecule has 0 saturated carbocycles. The summed E-state index contributed by atoms with van der Waals surface area (Å²) in [6, 6.07) is 9.14. The van der Waals surface area contributed by atoms with E-state index < -0.39 is 5.54 Å². The van der Waals surface area contributed by atoms with Crippen LogP contribution in [0.4, 0.5) is 0 Å². The van der Waals surface area contributed by atoms with Gasteiger partial charge in [0.1, 0.15) is 5.75 Å². The molecule has 1 aromatic rings. The van der Waals surface area contributed by atoms with E-state index in [-0.39, 0.29) is 24.3 Å². The molecule has 0 fully saturated rings. The average molecular weight is 276 g/mol. The molecule has 0 saturated heterocycles. The highest BCUT2D eigenvalue weighted by molar-refractivity contribution is 6.22. The highest BCUT2D eigenvalue weighted by atomic mass is 35.5. The number of para-hydroxylation sites is 1. The zero-order chi connectivity index (χ0) is 12.7. The van der Waals surface area contributed by atoms with Crippen LogP contribution in [0.5, 0.6) is 5.75 Å². The Balaban J connectivity index is 2.40. The number of rotatable bonds is 6. The Kier molecular flexibility index (Phi) is 5.59. The third-order valence-corrected chi connectivity index (χ3v) is 3.32. The third-order valence-electron chi connectivity index (χ3n) is 2.14. The molecule has 17 heavy (non-hydrogen) atoms. The van der Waals surface area contributed by atoms with Crippen molar-refractivity contribution in [2.24, 2.45) is 0 Å². The van der Waals surface area contributed by atoms with Crippen molar-refractivity contribution < 1.29 is 9.53 Å². The molecule has 0 aromatic heterocycles. The van der Waals surface area contributed by atoms with Crippen LogP contribution in [-0.2, 0) is 4.79 Å². The fourth-order valence-electron chi connectivity index (χ4n) is 1.14. The van der Waals surface area contributed by atoms with E-state index in [4.69, 9.17) is 27.9 Å². The summed E-state index contributed by atoms with van der Waals surface area (Å²) in [5.74, 6) is 0.931. The molecular formula is C12H15Cl2NO2. The van der Waals surface area contributed by atoms with E-state index >= 15 is 0 Å². The number of carbonyl (C=O) groups is 1. The predicted molar refractivity (Wildman–Crippen MR) is 69.9 cm³/mol. The number of halogens is 2. The van der Waals surface area contributed by atoms with Gasteiger partial charge in [-0.25, -0.2) is 0 Å². The van der Waals surface area contributed by atoms with Gasteiger partial charge in [-0.3, -0.25) is 4.79 Å². The molecule has 1 rings (SSSR count). The van der Waals surface area contributed by atoms with Crippen LogP contribution in [-0.4, -0.2) is 29.8 Å². The zero-order valence-electron chi connectivity index (χ0n) is 9.58. The van der Waals surface area contributed by atoms with Gasteiger partial charge in [0.25, 0.3) is 5.91 Å². The van der Waals surface area contributed by atoms with Gasteiger partial charge < -0.3 is 10.1 Å². The molecule has 3 nitrogen and oxygen atoms in total. The van der Waals surface area contributed by atoms with E-state index in [2.05, 4.69) is 5.32 Å². The lowest BCUT2D eigenvalue weighted by Crippen LogP contribution is -2.50. The zero-order valence-corrected chi connectivity index (χ0v) is 11.1. The van der Waals surface area contributed by atoms with Crippen molar-refractivity contribution in [2.75, 3.05) is 18.4 Å². The minimum Gasteiger partial charge on any atom is -0.484 e. The van der Waals surface area contributed by atoms with E-state index in [1.54, 1.807) is 19.1 Å². The quantitative estimate of drug-likeness (QED) is 0.810. The molecule has 1 aromatic carbocycles. The highest BCUT2D eigenvalue weighted by Gasteiger charge is 2.24. The Morgan fingerprint density at radius 1 is 1.29 bits per heavy atom. The largest absolute Gasteiger partial charge is 0.484 e. The van der Waals surface area contributed by atoms with Crippen molar-refractivity contribution in [3.05, 3.63) is 30.3 Å². The molecular weight excluding hydrogens is 261 g/mol. The molecule has 1 N–H and O–H groups in total. The van der Waals surface area contributed by atoms with E-state index in [1.165, 1.54) is 0 Å². The van der Waals surface area contributed by atoms with E-state index in [1.807, 2.05) is 18.2 Å². The van der Waals surface area contributed by atoms with Crippen molar-refractivity contribution in [2.45, 2.75) is 12.5 Å². The lowest BCUT2D eigenvalue weighted by molar-refractivity contribution is -0.124. The van der Waals surface area contributed by atoms with Gasteiger partial charge in [0.2, 0.25) is 0 Å². The van der Waals surface area contributed by atoms with Crippen molar-refractivity contribution in [3.8, 4) is 5.75 Å². The highest BCUT2D eigenvalue weighted by Crippen LogP contribution is 2.10. The molecule has 0 spiro atoms. The summed E-state index contributed by atoms with van der Waals surface area (Å²) in [6.45, 7) is 1.74. The lowest BCUT2D eigenvalue weighted by atomic mass is 10.1. The fraction of sp³-hybridized carbons (Fsp3) is 0.417. The maximum absolute atomic E-state index is 11.6. The molecule has 0 radical (unpaired) electrons. The van der Waals surface area contributed by atoms with Crippen molar-refractivity contribution >= 4 is 29.1 Å². The molecule has 5 heteroatoms. The van der Waals surface area contributed by atoms with Gasteiger partial charge >= 0.3 is 0 Å². The number of hydrogen-bond acceptors (Lipinski definition) is 2. The number of nitrogens with one attached hydrogen (secondary N) is 1. The first-order valence-corrected chi connectivity index (χ1v) is 6.27. The Morgan fingerprint density at radius 3 is 2.41 bits per heavy atom. The standard InChI is InChI=1S/C12H15Cl2NO2/c1-12(8-13,9-14)15-11(16)7-17-10-5-3-2-4-6-10/h2-6H,7-9H2,1H3,(H,15,16). The maximum atomic E-state index is 11.6. The summed E-state index contributed by atoms with van der Waals surface area (Å²) in [6.07, 6.45) is 0. The van der Waals surface area contributed by atoms with Crippen LogP contribution >= 0.6 is 23.2 Å². The number of alkyl halides is 2. The summed E-state index contributed by atoms with van der Waals surface area (Å²) in [7, 11) is 0. The number of carbonyl (C=O) groups excluding carboxylic acids is 1. The lowest BCUT2D eigenvalue weighted by Gasteiger charge is -2.25. The smallest absolute Gasteiger partial charge is 0.258 e. The molecule has 0 atom stereocenters. The molecule has 0 aliphatic rings. The van der Waals surface area contributed by atoms with Crippen molar-refractivity contribution in [1.82, 2.24) is 5.32 Å². The normalized spacial score (nSPS) is 11.0. The molecule has 0 unspecified atom stereocenters.